The average Bonchev–Trinajstić information content (AvgIpc) is 3.10. The second-order valence-corrected chi connectivity index (χ2v) is 4.17. The van der Waals surface area contributed by atoms with Crippen LogP contribution < -0.4 is 10.6 Å². The Morgan fingerprint density at radius 3 is 2.87 bits per heavy atom. The minimum Gasteiger partial charge on any atom is -0.357 e. The predicted octanol–water partition coefficient (Wildman–Crippen LogP) is 1.78. The Balaban J connectivity index is 2.09. The number of nitrogens with zero attached hydrogens (tertiary/aromatic N) is 2. The molecular formula is C12H19N3. The van der Waals surface area contributed by atoms with Gasteiger partial charge < -0.3 is 10.6 Å². The van der Waals surface area contributed by atoms with Gasteiger partial charge in [-0.15, -0.1) is 0 Å². The van der Waals surface area contributed by atoms with Crippen LogP contribution in [0.3, 0.4) is 0 Å². The van der Waals surface area contributed by atoms with Crippen LogP contribution >= 0.6 is 0 Å². The molecule has 3 heteroatoms. The van der Waals surface area contributed by atoms with E-state index in [0.29, 0.717) is 6.54 Å². The zero-order valence-electron chi connectivity index (χ0n) is 9.32. The summed E-state index contributed by atoms with van der Waals surface area (Å²) in [4.78, 5) is 6.89. The van der Waals surface area contributed by atoms with Gasteiger partial charge in [-0.1, -0.05) is 6.07 Å². The van der Waals surface area contributed by atoms with Crippen LogP contribution in [-0.2, 0) is 6.54 Å². The molecule has 15 heavy (non-hydrogen) atoms. The summed E-state index contributed by atoms with van der Waals surface area (Å²) in [6.07, 6.45) is 2.76. The van der Waals surface area contributed by atoms with E-state index in [1.54, 1.807) is 0 Å². The van der Waals surface area contributed by atoms with Crippen molar-refractivity contribution in [2.75, 3.05) is 18.0 Å². The zero-order valence-corrected chi connectivity index (χ0v) is 9.32. The Kier molecular flexibility index (Phi) is 3.21. The first-order chi connectivity index (χ1) is 7.33. The summed E-state index contributed by atoms with van der Waals surface area (Å²) in [6.45, 7) is 4.88. The molecule has 0 aromatic carbocycles. The highest BCUT2D eigenvalue weighted by atomic mass is 15.2. The quantitative estimate of drug-likeness (QED) is 0.796. The molecule has 0 spiro atoms. The van der Waals surface area contributed by atoms with E-state index in [2.05, 4.69) is 22.9 Å². The minimum atomic E-state index is 0.523. The van der Waals surface area contributed by atoms with Gasteiger partial charge in [0, 0.05) is 19.6 Å². The molecule has 1 aliphatic rings. The summed E-state index contributed by atoms with van der Waals surface area (Å²) in [5, 5.41) is 0. The van der Waals surface area contributed by atoms with E-state index in [4.69, 9.17) is 5.73 Å². The largest absolute Gasteiger partial charge is 0.357 e. The van der Waals surface area contributed by atoms with Gasteiger partial charge >= 0.3 is 0 Å². The molecule has 0 atom stereocenters. The van der Waals surface area contributed by atoms with Crippen molar-refractivity contribution in [2.24, 2.45) is 11.7 Å². The van der Waals surface area contributed by atoms with Crippen LogP contribution in [0.4, 0.5) is 5.82 Å². The maximum atomic E-state index is 5.59. The number of anilines is 1. The fourth-order valence-electron chi connectivity index (χ4n) is 1.75. The van der Waals surface area contributed by atoms with E-state index in [1.165, 1.54) is 12.8 Å². The minimum absolute atomic E-state index is 0.523. The molecule has 0 aliphatic heterocycles. The lowest BCUT2D eigenvalue weighted by Gasteiger charge is -2.22. The lowest BCUT2D eigenvalue weighted by molar-refractivity contribution is 0.729. The number of rotatable bonds is 5. The maximum Gasteiger partial charge on any atom is 0.128 e. The summed E-state index contributed by atoms with van der Waals surface area (Å²) >= 11 is 0. The molecule has 0 bridgehead atoms. The Bertz CT molecular complexity index is 320. The third-order valence-corrected chi connectivity index (χ3v) is 2.88. The number of pyridine rings is 1. The molecule has 1 aromatic heterocycles. The highest BCUT2D eigenvalue weighted by Crippen LogP contribution is 2.30. The summed E-state index contributed by atoms with van der Waals surface area (Å²) in [5.41, 5.74) is 6.57. The van der Waals surface area contributed by atoms with Gasteiger partial charge in [0.05, 0.1) is 5.69 Å². The van der Waals surface area contributed by atoms with Crippen LogP contribution in [-0.4, -0.2) is 18.1 Å². The lowest BCUT2D eigenvalue weighted by Crippen LogP contribution is -2.26. The molecule has 2 N–H and O–H groups in total. The molecule has 0 radical (unpaired) electrons. The molecule has 2 rings (SSSR count). The number of nitrogens with two attached hydrogens (primary N) is 1. The van der Waals surface area contributed by atoms with Gasteiger partial charge in [-0.25, -0.2) is 4.98 Å². The van der Waals surface area contributed by atoms with Crippen molar-refractivity contribution in [1.82, 2.24) is 4.98 Å². The predicted molar refractivity (Wildman–Crippen MR) is 62.7 cm³/mol. The summed E-state index contributed by atoms with van der Waals surface area (Å²) < 4.78 is 0. The van der Waals surface area contributed by atoms with Gasteiger partial charge in [-0.3, -0.25) is 0 Å². The van der Waals surface area contributed by atoms with E-state index >= 15 is 0 Å². The van der Waals surface area contributed by atoms with Gasteiger partial charge in [0.25, 0.3) is 0 Å². The highest BCUT2D eigenvalue weighted by Gasteiger charge is 2.24. The van der Waals surface area contributed by atoms with E-state index in [-0.39, 0.29) is 0 Å². The smallest absolute Gasteiger partial charge is 0.128 e. The van der Waals surface area contributed by atoms with Crippen molar-refractivity contribution in [1.29, 1.82) is 0 Å². The van der Waals surface area contributed by atoms with Crippen molar-refractivity contribution >= 4 is 5.82 Å². The normalized spacial score (nSPS) is 15.3. The summed E-state index contributed by atoms with van der Waals surface area (Å²) in [7, 11) is 0. The van der Waals surface area contributed by atoms with Crippen LogP contribution in [0.25, 0.3) is 0 Å². The SMILES string of the molecule is CCN(CC1CC1)c1cccc(CN)n1. The van der Waals surface area contributed by atoms with Gasteiger partial charge in [0.1, 0.15) is 5.82 Å². The van der Waals surface area contributed by atoms with E-state index in [1.807, 2.05) is 12.1 Å². The first-order valence-electron chi connectivity index (χ1n) is 5.74. The highest BCUT2D eigenvalue weighted by molar-refractivity contribution is 5.39. The van der Waals surface area contributed by atoms with E-state index < -0.39 is 0 Å². The fraction of sp³-hybridized carbons (Fsp3) is 0.583. The molecule has 1 aliphatic carbocycles. The van der Waals surface area contributed by atoms with Crippen molar-refractivity contribution in [2.45, 2.75) is 26.3 Å². The first-order valence-corrected chi connectivity index (χ1v) is 5.74. The van der Waals surface area contributed by atoms with Gasteiger partial charge in [0.15, 0.2) is 0 Å². The lowest BCUT2D eigenvalue weighted by atomic mass is 10.3. The second kappa shape index (κ2) is 4.62. The van der Waals surface area contributed by atoms with Crippen molar-refractivity contribution in [3.8, 4) is 0 Å². The van der Waals surface area contributed by atoms with Crippen molar-refractivity contribution in [3.05, 3.63) is 23.9 Å². The van der Waals surface area contributed by atoms with Gasteiger partial charge in [-0.05, 0) is 37.8 Å². The second-order valence-electron chi connectivity index (χ2n) is 4.17. The van der Waals surface area contributed by atoms with Crippen molar-refractivity contribution < 1.29 is 0 Å². The molecule has 3 nitrogen and oxygen atoms in total. The third-order valence-electron chi connectivity index (χ3n) is 2.88. The third kappa shape index (κ3) is 2.69. The van der Waals surface area contributed by atoms with Crippen molar-refractivity contribution in [3.63, 3.8) is 0 Å². The molecule has 82 valence electrons. The Morgan fingerprint density at radius 2 is 2.27 bits per heavy atom. The van der Waals surface area contributed by atoms with Crippen LogP contribution in [0.5, 0.6) is 0 Å². The average molecular weight is 205 g/mol. The number of hydrogen-bond donors (Lipinski definition) is 1. The monoisotopic (exact) mass is 205 g/mol. The molecule has 1 aromatic rings. The Labute approximate surface area is 91.3 Å². The Hall–Kier alpha value is -1.09. The Morgan fingerprint density at radius 1 is 1.47 bits per heavy atom. The van der Waals surface area contributed by atoms with E-state index in [0.717, 1.165) is 30.5 Å². The first kappa shape index (κ1) is 10.4. The van der Waals surface area contributed by atoms with Crippen LogP contribution in [0, 0.1) is 5.92 Å². The zero-order chi connectivity index (χ0) is 10.7. The topological polar surface area (TPSA) is 42.1 Å². The van der Waals surface area contributed by atoms with Crippen LogP contribution in [0.15, 0.2) is 18.2 Å². The number of hydrogen-bond acceptors (Lipinski definition) is 3. The number of aromatic nitrogens is 1. The molecule has 1 saturated carbocycles. The molecule has 1 heterocycles. The standard InChI is InChI=1S/C12H19N3/c1-2-15(9-10-6-7-10)12-5-3-4-11(8-13)14-12/h3-5,10H,2,6-9,13H2,1H3. The summed E-state index contributed by atoms with van der Waals surface area (Å²) in [5.74, 6) is 1.97. The van der Waals surface area contributed by atoms with Crippen LogP contribution in [0.1, 0.15) is 25.5 Å². The molecule has 0 saturated heterocycles. The van der Waals surface area contributed by atoms with Gasteiger partial charge in [-0.2, -0.15) is 0 Å². The van der Waals surface area contributed by atoms with Crippen LogP contribution in [0.2, 0.25) is 0 Å². The molecule has 1 fully saturated rings. The molecule has 0 unspecified atom stereocenters. The maximum absolute atomic E-state index is 5.59. The van der Waals surface area contributed by atoms with Gasteiger partial charge in [0.2, 0.25) is 0 Å². The fourth-order valence-corrected chi connectivity index (χ4v) is 1.75. The van der Waals surface area contributed by atoms with E-state index in [9.17, 15) is 0 Å². The molecular weight excluding hydrogens is 186 g/mol. The molecule has 0 amide bonds. The summed E-state index contributed by atoms with van der Waals surface area (Å²) in [6, 6.07) is 6.10.